The number of fused-ring (bicyclic) bond motifs is 2. The fourth-order valence-electron chi connectivity index (χ4n) is 6.34. The third-order valence-corrected chi connectivity index (χ3v) is 11.3. The molecule has 7 aromatic rings. The van der Waals surface area contributed by atoms with Crippen LogP contribution in [0.3, 0.4) is 0 Å². The minimum absolute atomic E-state index is 0.0300. The molecular weight excluding hydrogens is 797 g/mol. The average Bonchev–Trinajstić information content (AvgIpc) is 3.17. The number of anilines is 2. The lowest BCUT2D eigenvalue weighted by Gasteiger charge is -2.10. The fourth-order valence-corrected chi connectivity index (χ4v) is 7.56. The van der Waals surface area contributed by atoms with Crippen molar-refractivity contribution in [2.75, 3.05) is 11.5 Å². The van der Waals surface area contributed by atoms with E-state index in [0.29, 0.717) is 39.5 Å². The highest BCUT2D eigenvalue weighted by Crippen LogP contribution is 2.44. The number of azo groups is 3. The van der Waals surface area contributed by atoms with Gasteiger partial charge in [0.25, 0.3) is 20.2 Å². The SMILES string of the molecule is Cc1cc(N=Nc2ccc(-c3ccc(N=Nc4ccc(N=Nc5cc(S(=O)(=O)O)c6cccc(O)c6c5O)c5cc(S(=O)(=O)O)ccc45)c(C)c3)cc2C)c(N)cc1N. The van der Waals surface area contributed by atoms with Crippen molar-refractivity contribution in [3.05, 3.63) is 120 Å². The summed E-state index contributed by atoms with van der Waals surface area (Å²) in [5, 5.41) is 47.2. The van der Waals surface area contributed by atoms with Crippen LogP contribution in [0.2, 0.25) is 0 Å². The standard InChI is InChI=1S/C41H34N8O8S2/c1-21-17-36(31(43)19-30(21)42)48-45-33-12-8-25(16-23(33)3)24-7-11-32(22(2)15-24)44-46-34-13-14-35(29-18-26(58(52,53)54)9-10-27(29)34)47-49-37-20-39(59(55,56)57)28-5-4-6-38(50)40(28)41(37)51/h4-20,50-51H,42-43H2,1-3H3,(H,52,53,54)(H,55,56,57). The van der Waals surface area contributed by atoms with Crippen LogP contribution in [0.1, 0.15) is 16.7 Å². The number of phenolic OH excluding ortho intramolecular Hbond substituents is 2. The molecule has 0 saturated carbocycles. The summed E-state index contributed by atoms with van der Waals surface area (Å²) >= 11 is 0. The van der Waals surface area contributed by atoms with E-state index in [1.165, 1.54) is 42.5 Å². The Morgan fingerprint density at radius 3 is 1.59 bits per heavy atom. The molecule has 18 heteroatoms. The van der Waals surface area contributed by atoms with Crippen molar-refractivity contribution in [3.63, 3.8) is 0 Å². The first-order valence-corrected chi connectivity index (χ1v) is 20.4. The first-order chi connectivity index (χ1) is 27.9. The fraction of sp³-hybridized carbons (Fsp3) is 0.0732. The molecule has 0 amide bonds. The number of benzene rings is 7. The molecule has 7 rings (SSSR count). The zero-order valence-electron chi connectivity index (χ0n) is 31.4. The Morgan fingerprint density at radius 2 is 1.02 bits per heavy atom. The summed E-state index contributed by atoms with van der Waals surface area (Å²) in [7, 11) is -9.52. The van der Waals surface area contributed by atoms with E-state index in [1.54, 1.807) is 18.2 Å². The maximum atomic E-state index is 12.2. The number of aromatic hydroxyl groups is 2. The second kappa shape index (κ2) is 15.3. The first kappa shape index (κ1) is 40.1. The predicted molar refractivity (Wildman–Crippen MR) is 225 cm³/mol. The van der Waals surface area contributed by atoms with E-state index in [1.807, 2.05) is 51.1 Å². The quantitative estimate of drug-likeness (QED) is 0.0454. The largest absolute Gasteiger partial charge is 0.507 e. The van der Waals surface area contributed by atoms with Gasteiger partial charge in [0.1, 0.15) is 22.0 Å². The molecular formula is C41H34N8O8S2. The molecule has 0 atom stereocenters. The van der Waals surface area contributed by atoms with E-state index in [0.717, 1.165) is 39.9 Å². The van der Waals surface area contributed by atoms with Crippen LogP contribution in [0.5, 0.6) is 11.5 Å². The highest BCUT2D eigenvalue weighted by molar-refractivity contribution is 7.86. The molecule has 16 nitrogen and oxygen atoms in total. The molecule has 0 fully saturated rings. The van der Waals surface area contributed by atoms with E-state index in [4.69, 9.17) is 11.5 Å². The van der Waals surface area contributed by atoms with Crippen LogP contribution in [0.15, 0.2) is 144 Å². The van der Waals surface area contributed by atoms with Crippen molar-refractivity contribution < 1.29 is 36.2 Å². The Kier molecular flexibility index (Phi) is 10.4. The second-order valence-corrected chi connectivity index (χ2v) is 16.4. The van der Waals surface area contributed by atoms with Gasteiger partial charge in [-0.1, -0.05) is 30.3 Å². The Bertz CT molecular complexity index is 3210. The summed E-state index contributed by atoms with van der Waals surface area (Å²) < 4.78 is 68.4. The van der Waals surface area contributed by atoms with Gasteiger partial charge < -0.3 is 21.7 Å². The van der Waals surface area contributed by atoms with Gasteiger partial charge in [0.15, 0.2) is 5.75 Å². The van der Waals surface area contributed by atoms with Gasteiger partial charge in [-0.2, -0.15) is 27.1 Å². The number of aryl methyl sites for hydroxylation is 3. The smallest absolute Gasteiger partial charge is 0.295 e. The van der Waals surface area contributed by atoms with Crippen molar-refractivity contribution in [3.8, 4) is 22.6 Å². The van der Waals surface area contributed by atoms with E-state index in [9.17, 15) is 36.2 Å². The van der Waals surface area contributed by atoms with E-state index in [-0.39, 0.29) is 21.8 Å². The maximum absolute atomic E-state index is 12.2. The molecule has 0 aliphatic heterocycles. The van der Waals surface area contributed by atoms with Crippen molar-refractivity contribution in [2.24, 2.45) is 30.7 Å². The van der Waals surface area contributed by atoms with Crippen LogP contribution in [0, 0.1) is 20.8 Å². The molecule has 59 heavy (non-hydrogen) atoms. The topological polar surface area (TPSA) is 275 Å². The predicted octanol–water partition coefficient (Wildman–Crippen LogP) is 10.9. The van der Waals surface area contributed by atoms with Crippen LogP contribution in [0.4, 0.5) is 45.5 Å². The van der Waals surface area contributed by atoms with Crippen molar-refractivity contribution >= 4 is 87.3 Å². The molecule has 0 aromatic heterocycles. The molecule has 0 aliphatic carbocycles. The minimum atomic E-state index is -4.85. The normalized spacial score (nSPS) is 12.5. The molecule has 0 aliphatic rings. The summed E-state index contributed by atoms with van der Waals surface area (Å²) in [5.74, 6) is -1.11. The molecule has 0 unspecified atom stereocenters. The van der Waals surface area contributed by atoms with Gasteiger partial charge in [-0.15, -0.1) is 20.5 Å². The minimum Gasteiger partial charge on any atom is -0.507 e. The molecule has 7 aromatic carbocycles. The number of hydrogen-bond donors (Lipinski definition) is 6. The number of rotatable bonds is 9. The highest BCUT2D eigenvalue weighted by Gasteiger charge is 2.22. The summed E-state index contributed by atoms with van der Waals surface area (Å²) in [6, 6.07) is 26.3. The molecule has 0 bridgehead atoms. The third kappa shape index (κ3) is 8.18. The van der Waals surface area contributed by atoms with Gasteiger partial charge in [-0.25, -0.2) is 0 Å². The van der Waals surface area contributed by atoms with Crippen LogP contribution in [-0.2, 0) is 20.2 Å². The Balaban J connectivity index is 1.20. The number of phenols is 2. The van der Waals surface area contributed by atoms with E-state index < -0.39 is 47.2 Å². The third-order valence-electron chi connectivity index (χ3n) is 9.51. The van der Waals surface area contributed by atoms with E-state index >= 15 is 0 Å². The Labute approximate surface area is 337 Å². The van der Waals surface area contributed by atoms with Gasteiger partial charge in [0.05, 0.1) is 38.7 Å². The van der Waals surface area contributed by atoms with Crippen molar-refractivity contribution in [1.82, 2.24) is 0 Å². The summed E-state index contributed by atoms with van der Waals surface area (Å²) in [6.45, 7) is 5.68. The van der Waals surface area contributed by atoms with Crippen LogP contribution in [-0.4, -0.2) is 36.2 Å². The van der Waals surface area contributed by atoms with Gasteiger partial charge in [-0.05, 0) is 121 Å². The van der Waals surface area contributed by atoms with Crippen LogP contribution in [0.25, 0.3) is 32.7 Å². The summed E-state index contributed by atoms with van der Waals surface area (Å²) in [5.41, 5.74) is 19.1. The summed E-state index contributed by atoms with van der Waals surface area (Å²) in [4.78, 5) is -1.10. The Hall–Kier alpha value is -7.12. The van der Waals surface area contributed by atoms with E-state index in [2.05, 4.69) is 30.7 Å². The second-order valence-electron chi connectivity index (χ2n) is 13.6. The molecule has 8 N–H and O–H groups in total. The lowest BCUT2D eigenvalue weighted by molar-refractivity contribution is 0.463. The van der Waals surface area contributed by atoms with Crippen molar-refractivity contribution in [1.29, 1.82) is 0 Å². The lowest BCUT2D eigenvalue weighted by Crippen LogP contribution is -1.99. The lowest BCUT2D eigenvalue weighted by atomic mass is 10.0. The van der Waals surface area contributed by atoms with Gasteiger partial charge in [-0.3, -0.25) is 9.11 Å². The highest BCUT2D eigenvalue weighted by atomic mass is 32.2. The zero-order chi connectivity index (χ0) is 42.4. The van der Waals surface area contributed by atoms with Gasteiger partial charge in [0, 0.05) is 21.8 Å². The molecule has 0 heterocycles. The monoisotopic (exact) mass is 830 g/mol. The zero-order valence-corrected chi connectivity index (χ0v) is 33.0. The number of nitrogens with zero attached hydrogens (tertiary/aromatic N) is 6. The Morgan fingerprint density at radius 1 is 0.475 bits per heavy atom. The molecule has 0 spiro atoms. The number of nitrogen functional groups attached to an aromatic ring is 2. The van der Waals surface area contributed by atoms with Crippen LogP contribution < -0.4 is 11.5 Å². The number of hydrogen-bond acceptors (Lipinski definition) is 14. The van der Waals surface area contributed by atoms with Gasteiger partial charge in [0.2, 0.25) is 0 Å². The van der Waals surface area contributed by atoms with Crippen LogP contribution >= 0.6 is 0 Å². The molecule has 0 radical (unpaired) electrons. The van der Waals surface area contributed by atoms with Crippen molar-refractivity contribution in [2.45, 2.75) is 30.6 Å². The first-order valence-electron chi connectivity index (χ1n) is 17.5. The maximum Gasteiger partial charge on any atom is 0.295 e. The molecule has 298 valence electrons. The summed E-state index contributed by atoms with van der Waals surface area (Å²) in [6.07, 6.45) is 0. The average molecular weight is 831 g/mol. The number of nitrogens with two attached hydrogens (primary N) is 2. The van der Waals surface area contributed by atoms with Gasteiger partial charge >= 0.3 is 0 Å². The molecule has 0 saturated heterocycles.